The molecule has 1 N–H and O–H groups in total. The molecular formula is C20H23N3O2. The van der Waals surface area contributed by atoms with E-state index in [1.54, 1.807) is 31.2 Å². The zero-order valence-electron chi connectivity index (χ0n) is 14.6. The number of ether oxygens (including phenoxy) is 1. The number of carbonyl (C=O) groups is 1. The van der Waals surface area contributed by atoms with Crippen LogP contribution in [0.25, 0.3) is 0 Å². The van der Waals surface area contributed by atoms with E-state index in [-0.39, 0.29) is 5.91 Å². The van der Waals surface area contributed by atoms with Crippen molar-refractivity contribution in [3.8, 4) is 11.8 Å². The molecule has 0 aliphatic carbocycles. The van der Waals surface area contributed by atoms with Crippen molar-refractivity contribution in [1.82, 2.24) is 5.32 Å². The molecule has 1 unspecified atom stereocenters. The number of rotatable bonds is 8. The summed E-state index contributed by atoms with van der Waals surface area (Å²) in [5, 5.41) is 11.7. The third-order valence-corrected chi connectivity index (χ3v) is 3.83. The van der Waals surface area contributed by atoms with Gasteiger partial charge in [0.05, 0.1) is 11.6 Å². The van der Waals surface area contributed by atoms with Gasteiger partial charge in [-0.15, -0.1) is 0 Å². The lowest BCUT2D eigenvalue weighted by molar-refractivity contribution is -0.127. The third-order valence-electron chi connectivity index (χ3n) is 3.83. The van der Waals surface area contributed by atoms with Crippen LogP contribution in [0.2, 0.25) is 0 Å². The Bertz CT molecular complexity index is 708. The molecule has 2 aromatic rings. The van der Waals surface area contributed by atoms with Gasteiger partial charge in [0.2, 0.25) is 0 Å². The summed E-state index contributed by atoms with van der Waals surface area (Å²) in [4.78, 5) is 14.2. The predicted octanol–water partition coefficient (Wildman–Crippen LogP) is 2.97. The van der Waals surface area contributed by atoms with E-state index >= 15 is 0 Å². The molecule has 0 spiro atoms. The van der Waals surface area contributed by atoms with Crippen molar-refractivity contribution in [3.05, 3.63) is 60.2 Å². The molecule has 0 heterocycles. The van der Waals surface area contributed by atoms with Gasteiger partial charge in [-0.25, -0.2) is 0 Å². The van der Waals surface area contributed by atoms with Gasteiger partial charge in [-0.05, 0) is 49.7 Å². The van der Waals surface area contributed by atoms with Gasteiger partial charge < -0.3 is 15.0 Å². The first-order valence-corrected chi connectivity index (χ1v) is 8.31. The first kappa shape index (κ1) is 18.3. The fourth-order valence-electron chi connectivity index (χ4n) is 2.35. The molecule has 1 atom stereocenters. The Morgan fingerprint density at radius 1 is 1.20 bits per heavy atom. The molecule has 2 aromatic carbocycles. The van der Waals surface area contributed by atoms with E-state index in [1.807, 2.05) is 31.3 Å². The Balaban J connectivity index is 1.69. The van der Waals surface area contributed by atoms with Crippen molar-refractivity contribution in [3.63, 3.8) is 0 Å². The van der Waals surface area contributed by atoms with E-state index in [1.165, 1.54) is 0 Å². The summed E-state index contributed by atoms with van der Waals surface area (Å²) in [5.74, 6) is 0.428. The number of amides is 1. The van der Waals surface area contributed by atoms with Gasteiger partial charge in [-0.1, -0.05) is 18.2 Å². The Morgan fingerprint density at radius 2 is 1.88 bits per heavy atom. The summed E-state index contributed by atoms with van der Waals surface area (Å²) in [6.07, 6.45) is 0.264. The number of nitrogens with one attached hydrogen (secondary N) is 1. The highest BCUT2D eigenvalue weighted by atomic mass is 16.5. The van der Waals surface area contributed by atoms with Crippen LogP contribution >= 0.6 is 0 Å². The maximum atomic E-state index is 12.1. The zero-order valence-corrected chi connectivity index (χ0v) is 14.6. The van der Waals surface area contributed by atoms with Crippen LogP contribution in [0, 0.1) is 11.3 Å². The second-order valence-corrected chi connectivity index (χ2v) is 5.80. The molecule has 0 aliphatic rings. The molecule has 0 saturated heterocycles. The number of para-hydroxylation sites is 1. The van der Waals surface area contributed by atoms with E-state index in [0.717, 1.165) is 18.7 Å². The topological polar surface area (TPSA) is 65.4 Å². The number of nitrogens with zero attached hydrogens (tertiary/aromatic N) is 2. The van der Waals surface area contributed by atoms with Gasteiger partial charge in [0.1, 0.15) is 5.75 Å². The van der Waals surface area contributed by atoms with Gasteiger partial charge >= 0.3 is 0 Å². The molecule has 0 aliphatic heterocycles. The van der Waals surface area contributed by atoms with Crippen molar-refractivity contribution in [2.24, 2.45) is 0 Å². The summed E-state index contributed by atoms with van der Waals surface area (Å²) in [6.45, 7) is 3.16. The third kappa shape index (κ3) is 5.85. The largest absolute Gasteiger partial charge is 0.481 e. The summed E-state index contributed by atoms with van der Waals surface area (Å²) in [5.41, 5.74) is 1.72. The second-order valence-electron chi connectivity index (χ2n) is 5.80. The molecular weight excluding hydrogens is 314 g/mol. The Hall–Kier alpha value is -3.00. The first-order valence-electron chi connectivity index (χ1n) is 8.31. The van der Waals surface area contributed by atoms with Crippen LogP contribution in [0.15, 0.2) is 54.6 Å². The highest BCUT2D eigenvalue weighted by Gasteiger charge is 2.14. The average molecular weight is 337 g/mol. The van der Waals surface area contributed by atoms with Gasteiger partial charge in [-0.2, -0.15) is 5.26 Å². The zero-order chi connectivity index (χ0) is 18.1. The summed E-state index contributed by atoms with van der Waals surface area (Å²) in [6, 6.07) is 18.9. The highest BCUT2D eigenvalue weighted by Crippen LogP contribution is 2.13. The highest BCUT2D eigenvalue weighted by molar-refractivity contribution is 5.80. The summed E-state index contributed by atoms with van der Waals surface area (Å²) in [7, 11) is 2.04. The molecule has 2 rings (SSSR count). The molecule has 5 nitrogen and oxygen atoms in total. The van der Waals surface area contributed by atoms with Crippen molar-refractivity contribution >= 4 is 11.6 Å². The minimum absolute atomic E-state index is 0.147. The SMILES string of the molecule is CC(Oc1ccc(C#N)cc1)C(=O)NCCCN(C)c1ccccc1. The average Bonchev–Trinajstić information content (AvgIpc) is 2.66. The lowest BCUT2D eigenvalue weighted by Crippen LogP contribution is -2.37. The number of anilines is 1. The maximum absolute atomic E-state index is 12.1. The molecule has 0 saturated carbocycles. The molecule has 25 heavy (non-hydrogen) atoms. The smallest absolute Gasteiger partial charge is 0.260 e. The predicted molar refractivity (Wildman–Crippen MR) is 98.6 cm³/mol. The van der Waals surface area contributed by atoms with E-state index in [2.05, 4.69) is 22.3 Å². The van der Waals surface area contributed by atoms with Crippen LogP contribution in [-0.4, -0.2) is 32.1 Å². The fourth-order valence-corrected chi connectivity index (χ4v) is 2.35. The molecule has 130 valence electrons. The van der Waals surface area contributed by atoms with Gasteiger partial charge in [0.25, 0.3) is 5.91 Å². The molecule has 0 aromatic heterocycles. The minimum atomic E-state index is -0.584. The van der Waals surface area contributed by atoms with Crippen LogP contribution in [-0.2, 0) is 4.79 Å². The normalized spacial score (nSPS) is 11.2. The molecule has 0 radical (unpaired) electrons. The van der Waals surface area contributed by atoms with Crippen LogP contribution in [0.4, 0.5) is 5.69 Å². The molecule has 1 amide bonds. The molecule has 0 fully saturated rings. The number of hydrogen-bond acceptors (Lipinski definition) is 4. The lowest BCUT2D eigenvalue weighted by atomic mass is 10.2. The van der Waals surface area contributed by atoms with E-state index in [4.69, 9.17) is 10.00 Å². The minimum Gasteiger partial charge on any atom is -0.481 e. The number of benzene rings is 2. The van der Waals surface area contributed by atoms with Crippen molar-refractivity contribution < 1.29 is 9.53 Å². The van der Waals surface area contributed by atoms with Crippen LogP contribution in [0.1, 0.15) is 18.9 Å². The number of carbonyl (C=O) groups excluding carboxylic acids is 1. The Kier molecular flexibility index (Phi) is 6.85. The fraction of sp³-hybridized carbons (Fsp3) is 0.300. The van der Waals surface area contributed by atoms with Crippen LogP contribution in [0.5, 0.6) is 5.75 Å². The van der Waals surface area contributed by atoms with Crippen molar-refractivity contribution in [2.45, 2.75) is 19.4 Å². The van der Waals surface area contributed by atoms with Gasteiger partial charge in [0.15, 0.2) is 6.10 Å². The quantitative estimate of drug-likeness (QED) is 0.752. The van der Waals surface area contributed by atoms with Crippen molar-refractivity contribution in [1.29, 1.82) is 5.26 Å². The monoisotopic (exact) mass is 337 g/mol. The van der Waals surface area contributed by atoms with E-state index in [0.29, 0.717) is 17.9 Å². The van der Waals surface area contributed by atoms with Gasteiger partial charge in [0, 0.05) is 25.8 Å². The maximum Gasteiger partial charge on any atom is 0.260 e. The Morgan fingerprint density at radius 3 is 2.52 bits per heavy atom. The van der Waals surface area contributed by atoms with Crippen LogP contribution in [0.3, 0.4) is 0 Å². The van der Waals surface area contributed by atoms with Crippen LogP contribution < -0.4 is 15.0 Å². The van der Waals surface area contributed by atoms with E-state index < -0.39 is 6.10 Å². The summed E-state index contributed by atoms with van der Waals surface area (Å²) >= 11 is 0. The second kappa shape index (κ2) is 9.33. The molecule has 5 heteroatoms. The van der Waals surface area contributed by atoms with Crippen molar-refractivity contribution in [2.75, 3.05) is 25.0 Å². The molecule has 0 bridgehead atoms. The van der Waals surface area contributed by atoms with Gasteiger partial charge in [-0.3, -0.25) is 4.79 Å². The number of nitriles is 1. The first-order chi connectivity index (χ1) is 12.1. The number of hydrogen-bond donors (Lipinski definition) is 1. The standard InChI is InChI=1S/C20H23N3O2/c1-16(25-19-11-9-17(15-21)10-12-19)20(24)22-13-6-14-23(2)18-7-4-3-5-8-18/h3-5,7-12,16H,6,13-14H2,1-2H3,(H,22,24). The van der Waals surface area contributed by atoms with E-state index in [9.17, 15) is 4.79 Å². The summed E-state index contributed by atoms with van der Waals surface area (Å²) < 4.78 is 5.59. The lowest BCUT2D eigenvalue weighted by Gasteiger charge is -2.19. The Labute approximate surface area is 148 Å².